The number of carbonyl (C=O) groups is 2. The van der Waals surface area contributed by atoms with Crippen molar-refractivity contribution >= 4 is 17.6 Å². The number of benzene rings is 1. The van der Waals surface area contributed by atoms with Crippen molar-refractivity contribution in [3.05, 3.63) is 35.9 Å². The van der Waals surface area contributed by atoms with Gasteiger partial charge in [-0.05, 0) is 43.7 Å². The molecule has 5 nitrogen and oxygen atoms in total. The number of anilines is 1. The number of nitrogens with zero attached hydrogens (tertiary/aromatic N) is 1. The fraction of sp³-hybridized carbons (Fsp3) is 0.333. The highest BCUT2D eigenvalue weighted by atomic mass is 16.5. The first kappa shape index (κ1) is 14.1. The summed E-state index contributed by atoms with van der Waals surface area (Å²) in [7, 11) is 0. The van der Waals surface area contributed by atoms with E-state index in [0.29, 0.717) is 12.2 Å². The van der Waals surface area contributed by atoms with Crippen molar-refractivity contribution in [2.75, 3.05) is 18.1 Å². The number of ether oxygens (including phenoxy) is 1. The van der Waals surface area contributed by atoms with Crippen LogP contribution in [0.4, 0.5) is 5.69 Å². The summed E-state index contributed by atoms with van der Waals surface area (Å²) >= 11 is 0. The van der Waals surface area contributed by atoms with Crippen molar-refractivity contribution in [1.82, 2.24) is 0 Å². The number of carboxylic acid groups (broad SMARTS) is 1. The summed E-state index contributed by atoms with van der Waals surface area (Å²) in [6, 6.07) is 7.24. The summed E-state index contributed by atoms with van der Waals surface area (Å²) in [4.78, 5) is 24.0. The van der Waals surface area contributed by atoms with Crippen molar-refractivity contribution < 1.29 is 19.4 Å². The van der Waals surface area contributed by atoms with Gasteiger partial charge in [0.2, 0.25) is 5.91 Å². The van der Waals surface area contributed by atoms with E-state index in [-0.39, 0.29) is 18.1 Å². The summed E-state index contributed by atoms with van der Waals surface area (Å²) in [6.07, 6.45) is 3.02. The number of carboxylic acids is 1. The lowest BCUT2D eigenvalue weighted by atomic mass is 10.2. The van der Waals surface area contributed by atoms with Gasteiger partial charge in [-0.25, -0.2) is 4.79 Å². The molecule has 1 amide bonds. The highest BCUT2D eigenvalue weighted by Gasteiger charge is 2.21. The van der Waals surface area contributed by atoms with Crippen molar-refractivity contribution in [3.63, 3.8) is 0 Å². The van der Waals surface area contributed by atoms with E-state index >= 15 is 0 Å². The van der Waals surface area contributed by atoms with Gasteiger partial charge in [0, 0.05) is 24.2 Å². The Balaban J connectivity index is 1.93. The van der Waals surface area contributed by atoms with Crippen LogP contribution in [0.3, 0.4) is 0 Å². The predicted octanol–water partition coefficient (Wildman–Crippen LogP) is 2.22. The molecular formula is C15H17NO4. The first-order valence-electron chi connectivity index (χ1n) is 6.51. The zero-order valence-electron chi connectivity index (χ0n) is 11.3. The Kier molecular flexibility index (Phi) is 4.40. The van der Waals surface area contributed by atoms with Gasteiger partial charge in [0.05, 0.1) is 0 Å². The van der Waals surface area contributed by atoms with Crippen LogP contribution >= 0.6 is 0 Å². The number of aliphatic carboxylic acids is 1. The number of hydrogen-bond donors (Lipinski definition) is 1. The molecule has 5 heteroatoms. The zero-order chi connectivity index (χ0) is 14.5. The Morgan fingerprint density at radius 3 is 2.65 bits per heavy atom. The summed E-state index contributed by atoms with van der Waals surface area (Å²) in [5.74, 6) is -0.148. The van der Waals surface area contributed by atoms with Crippen LogP contribution in [0.1, 0.15) is 19.8 Å². The lowest BCUT2D eigenvalue weighted by Crippen LogP contribution is -2.23. The number of amides is 1. The third-order valence-corrected chi connectivity index (χ3v) is 3.20. The van der Waals surface area contributed by atoms with Crippen LogP contribution in [-0.4, -0.2) is 30.1 Å². The Morgan fingerprint density at radius 2 is 2.10 bits per heavy atom. The van der Waals surface area contributed by atoms with Gasteiger partial charge in [0.15, 0.2) is 0 Å². The van der Waals surface area contributed by atoms with E-state index in [2.05, 4.69) is 0 Å². The number of rotatable bonds is 5. The minimum Gasteiger partial charge on any atom is -0.490 e. The molecule has 1 saturated heterocycles. The molecule has 1 N–H and O–H groups in total. The fourth-order valence-electron chi connectivity index (χ4n) is 1.99. The van der Waals surface area contributed by atoms with Crippen LogP contribution in [0.15, 0.2) is 35.9 Å². The molecule has 1 fully saturated rings. The molecule has 0 radical (unpaired) electrons. The van der Waals surface area contributed by atoms with Gasteiger partial charge in [-0.1, -0.05) is 0 Å². The molecule has 1 heterocycles. The Morgan fingerprint density at radius 1 is 1.40 bits per heavy atom. The van der Waals surface area contributed by atoms with Gasteiger partial charge in [-0.3, -0.25) is 4.79 Å². The first-order valence-corrected chi connectivity index (χ1v) is 6.51. The second-order valence-corrected chi connectivity index (χ2v) is 4.65. The Labute approximate surface area is 117 Å². The lowest BCUT2D eigenvalue weighted by molar-refractivity contribution is -0.132. The van der Waals surface area contributed by atoms with Crippen LogP contribution in [0.5, 0.6) is 5.75 Å². The molecule has 106 valence electrons. The minimum absolute atomic E-state index is 0.152. The van der Waals surface area contributed by atoms with Crippen molar-refractivity contribution in [2.45, 2.75) is 19.8 Å². The third-order valence-electron chi connectivity index (χ3n) is 3.20. The number of carbonyl (C=O) groups excluding carboxylic acids is 1. The standard InChI is InChI=1S/C15H17NO4/c1-11(15(18)19)8-10-20-13-6-4-12(5-7-13)16-9-2-3-14(16)17/h4-8H,2-3,9-10H2,1H3,(H,18,19). The zero-order valence-corrected chi connectivity index (χ0v) is 11.3. The van der Waals surface area contributed by atoms with Crippen LogP contribution in [0.25, 0.3) is 0 Å². The predicted molar refractivity (Wildman–Crippen MR) is 74.9 cm³/mol. The maximum Gasteiger partial charge on any atom is 0.331 e. The maximum atomic E-state index is 11.6. The summed E-state index contributed by atoms with van der Waals surface area (Å²) in [5.41, 5.74) is 1.13. The maximum absolute atomic E-state index is 11.6. The number of hydrogen-bond acceptors (Lipinski definition) is 3. The molecule has 0 spiro atoms. The quantitative estimate of drug-likeness (QED) is 0.837. The van der Waals surface area contributed by atoms with E-state index in [0.717, 1.165) is 18.7 Å². The molecule has 2 rings (SSSR count). The van der Waals surface area contributed by atoms with Gasteiger partial charge in [-0.2, -0.15) is 0 Å². The largest absolute Gasteiger partial charge is 0.490 e. The minimum atomic E-state index is -0.948. The van der Waals surface area contributed by atoms with Gasteiger partial charge in [-0.15, -0.1) is 0 Å². The van der Waals surface area contributed by atoms with Crippen molar-refractivity contribution in [1.29, 1.82) is 0 Å². The molecule has 0 unspecified atom stereocenters. The van der Waals surface area contributed by atoms with E-state index in [9.17, 15) is 9.59 Å². The van der Waals surface area contributed by atoms with Crippen LogP contribution < -0.4 is 9.64 Å². The monoisotopic (exact) mass is 275 g/mol. The molecule has 1 aliphatic heterocycles. The third kappa shape index (κ3) is 3.38. The molecule has 1 aromatic carbocycles. The van der Waals surface area contributed by atoms with E-state index in [1.807, 2.05) is 12.1 Å². The molecule has 20 heavy (non-hydrogen) atoms. The summed E-state index contributed by atoms with van der Waals surface area (Å²) < 4.78 is 5.43. The van der Waals surface area contributed by atoms with E-state index < -0.39 is 5.97 Å². The summed E-state index contributed by atoms with van der Waals surface area (Å²) in [5, 5.41) is 8.70. The van der Waals surface area contributed by atoms with Gasteiger partial charge < -0.3 is 14.7 Å². The first-order chi connectivity index (χ1) is 9.58. The molecular weight excluding hydrogens is 258 g/mol. The SMILES string of the molecule is CC(=CCOc1ccc(N2CCCC2=O)cc1)C(=O)O. The van der Waals surface area contributed by atoms with E-state index in [4.69, 9.17) is 9.84 Å². The molecule has 0 aliphatic carbocycles. The Bertz CT molecular complexity index is 533. The Hall–Kier alpha value is -2.30. The van der Waals surface area contributed by atoms with Gasteiger partial charge in [0.25, 0.3) is 0 Å². The molecule has 1 aromatic rings. The average molecular weight is 275 g/mol. The average Bonchev–Trinajstić information content (AvgIpc) is 2.85. The van der Waals surface area contributed by atoms with E-state index in [1.165, 1.54) is 13.0 Å². The van der Waals surface area contributed by atoms with Crippen LogP contribution in [0.2, 0.25) is 0 Å². The normalized spacial score (nSPS) is 15.6. The summed E-state index contributed by atoms with van der Waals surface area (Å²) in [6.45, 7) is 2.49. The van der Waals surface area contributed by atoms with Crippen molar-refractivity contribution in [3.8, 4) is 5.75 Å². The second-order valence-electron chi connectivity index (χ2n) is 4.65. The molecule has 0 atom stereocenters. The van der Waals surface area contributed by atoms with Gasteiger partial charge >= 0.3 is 5.97 Å². The van der Waals surface area contributed by atoms with Gasteiger partial charge in [0.1, 0.15) is 12.4 Å². The fourth-order valence-corrected chi connectivity index (χ4v) is 1.99. The van der Waals surface area contributed by atoms with Crippen LogP contribution in [0, 0.1) is 0 Å². The van der Waals surface area contributed by atoms with E-state index in [1.54, 1.807) is 17.0 Å². The smallest absolute Gasteiger partial charge is 0.331 e. The topological polar surface area (TPSA) is 66.8 Å². The molecule has 0 aromatic heterocycles. The highest BCUT2D eigenvalue weighted by Crippen LogP contribution is 2.23. The van der Waals surface area contributed by atoms with Crippen molar-refractivity contribution in [2.24, 2.45) is 0 Å². The molecule has 0 bridgehead atoms. The van der Waals surface area contributed by atoms with Crippen LogP contribution in [-0.2, 0) is 9.59 Å². The molecule has 1 aliphatic rings. The highest BCUT2D eigenvalue weighted by molar-refractivity contribution is 5.95. The lowest BCUT2D eigenvalue weighted by Gasteiger charge is -2.15. The second kappa shape index (κ2) is 6.23. The molecule has 0 saturated carbocycles.